The zero-order valence-electron chi connectivity index (χ0n) is 16.5. The topological polar surface area (TPSA) is 101 Å². The van der Waals surface area contributed by atoms with E-state index in [2.05, 4.69) is 4.98 Å². The second-order valence-electron chi connectivity index (χ2n) is 7.24. The summed E-state index contributed by atoms with van der Waals surface area (Å²) in [6, 6.07) is 18.0. The summed E-state index contributed by atoms with van der Waals surface area (Å²) in [5.41, 5.74) is 6.26. The molecule has 0 fully saturated rings. The van der Waals surface area contributed by atoms with E-state index >= 15 is 0 Å². The molecule has 0 spiro atoms. The largest absolute Gasteiger partial charge is 0.383 e. The zero-order valence-corrected chi connectivity index (χ0v) is 16.5. The quantitative estimate of drug-likeness (QED) is 0.673. The van der Waals surface area contributed by atoms with Crippen LogP contribution in [0.4, 0.5) is 11.5 Å². The van der Waals surface area contributed by atoms with Gasteiger partial charge < -0.3 is 10.6 Å². The molecule has 0 unspecified atom stereocenters. The summed E-state index contributed by atoms with van der Waals surface area (Å²) in [5.74, 6) is -0.301. The van der Waals surface area contributed by atoms with Gasteiger partial charge in [0, 0.05) is 12.1 Å². The van der Waals surface area contributed by atoms with Crippen molar-refractivity contribution in [3.05, 3.63) is 92.6 Å². The van der Waals surface area contributed by atoms with Gasteiger partial charge in [0.05, 0.1) is 6.54 Å². The summed E-state index contributed by atoms with van der Waals surface area (Å²) in [6.45, 7) is 4.35. The Kier molecular flexibility index (Phi) is 5.97. The molecule has 2 aromatic carbocycles. The molecule has 29 heavy (non-hydrogen) atoms. The number of aromatic amines is 1. The highest BCUT2D eigenvalue weighted by molar-refractivity contribution is 6.07. The van der Waals surface area contributed by atoms with Crippen LogP contribution >= 0.6 is 0 Å². The fourth-order valence-electron chi connectivity index (χ4n) is 3.14. The highest BCUT2D eigenvalue weighted by Crippen LogP contribution is 2.21. The second kappa shape index (κ2) is 8.60. The van der Waals surface area contributed by atoms with E-state index in [4.69, 9.17) is 5.73 Å². The lowest BCUT2D eigenvalue weighted by Gasteiger charge is -2.26. The first kappa shape index (κ1) is 20.1. The Labute approximate surface area is 168 Å². The number of benzene rings is 2. The number of H-pyrrole nitrogens is 1. The predicted molar refractivity (Wildman–Crippen MR) is 114 cm³/mol. The monoisotopic (exact) mass is 392 g/mol. The first-order valence-electron chi connectivity index (χ1n) is 9.42. The molecular formula is C22H24N4O3. The molecule has 0 aliphatic heterocycles. The number of rotatable bonds is 6. The van der Waals surface area contributed by atoms with Gasteiger partial charge in [-0.2, -0.15) is 0 Å². The van der Waals surface area contributed by atoms with Gasteiger partial charge in [0.25, 0.3) is 11.5 Å². The molecule has 3 rings (SSSR count). The van der Waals surface area contributed by atoms with Crippen LogP contribution in [0, 0.1) is 5.92 Å². The van der Waals surface area contributed by atoms with Crippen LogP contribution in [0.2, 0.25) is 0 Å². The number of nitrogen functional groups attached to an aromatic ring is 1. The lowest BCUT2D eigenvalue weighted by Crippen LogP contribution is -2.42. The number of anilines is 2. The van der Waals surface area contributed by atoms with Crippen LogP contribution in [0.1, 0.15) is 29.8 Å². The van der Waals surface area contributed by atoms with E-state index in [0.29, 0.717) is 5.56 Å². The third kappa shape index (κ3) is 4.45. The van der Waals surface area contributed by atoms with E-state index in [9.17, 15) is 14.4 Å². The molecule has 1 amide bonds. The molecule has 7 nitrogen and oxygen atoms in total. The van der Waals surface area contributed by atoms with Crippen molar-refractivity contribution < 1.29 is 4.79 Å². The SMILES string of the molecule is CC(C)CN(C(=O)c1ccccc1)c1c(N)n(Cc2ccccc2)c(=O)[nH]c1=O. The summed E-state index contributed by atoms with van der Waals surface area (Å²) in [5, 5.41) is 0. The van der Waals surface area contributed by atoms with E-state index in [-0.39, 0.29) is 36.4 Å². The van der Waals surface area contributed by atoms with Crippen LogP contribution in [0.15, 0.2) is 70.3 Å². The molecule has 0 bridgehead atoms. The number of carbonyl (C=O) groups excluding carboxylic acids is 1. The number of nitrogens with zero attached hydrogens (tertiary/aromatic N) is 2. The standard InChI is InChI=1S/C22H24N4O3/c1-15(2)13-25(21(28)17-11-7-4-8-12-17)18-19(23)26(22(29)24-20(18)27)14-16-9-5-3-6-10-16/h3-12,15H,13-14,23H2,1-2H3,(H,24,27,29). The van der Waals surface area contributed by atoms with Crippen LogP contribution in [0.3, 0.4) is 0 Å². The number of carbonyl (C=O) groups is 1. The lowest BCUT2D eigenvalue weighted by atomic mass is 10.1. The molecule has 3 aromatic rings. The number of nitrogens with two attached hydrogens (primary N) is 1. The Morgan fingerprint density at radius 2 is 1.62 bits per heavy atom. The van der Waals surface area contributed by atoms with E-state index in [1.165, 1.54) is 9.47 Å². The third-order valence-corrected chi connectivity index (χ3v) is 4.48. The fraction of sp³-hybridized carbons (Fsp3) is 0.227. The zero-order chi connectivity index (χ0) is 21.0. The van der Waals surface area contributed by atoms with Gasteiger partial charge >= 0.3 is 5.69 Å². The summed E-state index contributed by atoms with van der Waals surface area (Å²) in [7, 11) is 0. The first-order chi connectivity index (χ1) is 13.9. The number of hydrogen-bond donors (Lipinski definition) is 2. The molecule has 3 N–H and O–H groups in total. The van der Waals surface area contributed by atoms with Gasteiger partial charge in [-0.3, -0.25) is 19.1 Å². The van der Waals surface area contributed by atoms with Crippen LogP contribution in [-0.2, 0) is 6.54 Å². The molecule has 1 aromatic heterocycles. The Morgan fingerprint density at radius 3 is 2.21 bits per heavy atom. The smallest absolute Gasteiger partial charge is 0.330 e. The van der Waals surface area contributed by atoms with E-state index in [1.807, 2.05) is 50.2 Å². The molecule has 0 atom stereocenters. The minimum atomic E-state index is -0.679. The van der Waals surface area contributed by atoms with Gasteiger partial charge in [0.2, 0.25) is 0 Å². The molecular weight excluding hydrogens is 368 g/mol. The number of hydrogen-bond acceptors (Lipinski definition) is 4. The summed E-state index contributed by atoms with van der Waals surface area (Å²) >= 11 is 0. The van der Waals surface area contributed by atoms with E-state index < -0.39 is 11.2 Å². The average molecular weight is 392 g/mol. The van der Waals surface area contributed by atoms with E-state index in [0.717, 1.165) is 5.56 Å². The van der Waals surface area contributed by atoms with Gasteiger partial charge in [-0.05, 0) is 23.6 Å². The summed E-state index contributed by atoms with van der Waals surface area (Å²) in [6.07, 6.45) is 0. The van der Waals surface area contributed by atoms with Gasteiger partial charge in [0.15, 0.2) is 5.69 Å². The maximum Gasteiger partial charge on any atom is 0.330 e. The molecule has 0 aliphatic carbocycles. The first-order valence-corrected chi connectivity index (χ1v) is 9.42. The maximum atomic E-state index is 13.2. The minimum absolute atomic E-state index is 0.0110. The normalized spacial score (nSPS) is 10.9. The van der Waals surface area contributed by atoms with Crippen molar-refractivity contribution in [1.82, 2.24) is 9.55 Å². The molecule has 0 radical (unpaired) electrons. The fourth-order valence-corrected chi connectivity index (χ4v) is 3.14. The summed E-state index contributed by atoms with van der Waals surface area (Å²) < 4.78 is 1.28. The van der Waals surface area contributed by atoms with Crippen molar-refractivity contribution in [2.45, 2.75) is 20.4 Å². The molecule has 150 valence electrons. The minimum Gasteiger partial charge on any atom is -0.383 e. The highest BCUT2D eigenvalue weighted by Gasteiger charge is 2.26. The van der Waals surface area contributed by atoms with Gasteiger partial charge in [-0.15, -0.1) is 0 Å². The van der Waals surface area contributed by atoms with Gasteiger partial charge in [-0.1, -0.05) is 62.4 Å². The van der Waals surface area contributed by atoms with Gasteiger partial charge in [0.1, 0.15) is 5.82 Å². The van der Waals surface area contributed by atoms with Crippen LogP contribution in [-0.4, -0.2) is 22.0 Å². The Balaban J connectivity index is 2.12. The van der Waals surface area contributed by atoms with E-state index in [1.54, 1.807) is 24.3 Å². The predicted octanol–water partition coefficient (Wildman–Crippen LogP) is 2.47. The van der Waals surface area contributed by atoms with Crippen LogP contribution in [0.25, 0.3) is 0 Å². The Hall–Kier alpha value is -3.61. The van der Waals surface area contributed by atoms with Crippen LogP contribution in [0.5, 0.6) is 0 Å². The molecule has 7 heteroatoms. The molecule has 0 aliphatic rings. The van der Waals surface area contributed by atoms with Crippen molar-refractivity contribution in [2.24, 2.45) is 5.92 Å². The van der Waals surface area contributed by atoms with Crippen molar-refractivity contribution in [2.75, 3.05) is 17.2 Å². The van der Waals surface area contributed by atoms with Gasteiger partial charge in [-0.25, -0.2) is 4.79 Å². The average Bonchev–Trinajstić information content (AvgIpc) is 2.71. The van der Waals surface area contributed by atoms with Crippen molar-refractivity contribution >= 4 is 17.4 Å². The van der Waals surface area contributed by atoms with Crippen molar-refractivity contribution in [1.29, 1.82) is 0 Å². The van der Waals surface area contributed by atoms with Crippen molar-refractivity contribution in [3.8, 4) is 0 Å². The maximum absolute atomic E-state index is 13.2. The highest BCUT2D eigenvalue weighted by atomic mass is 16.2. The van der Waals surface area contributed by atoms with Crippen molar-refractivity contribution in [3.63, 3.8) is 0 Å². The Morgan fingerprint density at radius 1 is 1.03 bits per heavy atom. The lowest BCUT2D eigenvalue weighted by molar-refractivity contribution is 0.0983. The second-order valence-corrected chi connectivity index (χ2v) is 7.24. The van der Waals surface area contributed by atoms with Crippen LogP contribution < -0.4 is 21.9 Å². The molecule has 1 heterocycles. The molecule has 0 saturated heterocycles. The number of nitrogens with one attached hydrogen (secondary N) is 1. The Bertz CT molecular complexity index is 1100. The molecule has 0 saturated carbocycles. The summed E-state index contributed by atoms with van der Waals surface area (Å²) in [4.78, 5) is 41.9. The third-order valence-electron chi connectivity index (χ3n) is 4.48. The number of amides is 1. The number of aromatic nitrogens is 2.